The highest BCUT2D eigenvalue weighted by Gasteiger charge is 2.19. The predicted octanol–water partition coefficient (Wildman–Crippen LogP) is 3.65. The fourth-order valence-corrected chi connectivity index (χ4v) is 2.81. The van der Waals surface area contributed by atoms with Gasteiger partial charge in [0.05, 0.1) is 17.6 Å². The first-order valence-corrected chi connectivity index (χ1v) is 8.99. The number of benzene rings is 3. The summed E-state index contributed by atoms with van der Waals surface area (Å²) in [5, 5.41) is 25.1. The van der Waals surface area contributed by atoms with Crippen LogP contribution in [-0.2, 0) is 9.53 Å². The number of esters is 1. The van der Waals surface area contributed by atoms with E-state index in [2.05, 4.69) is 5.32 Å². The Labute approximate surface area is 171 Å². The Morgan fingerprint density at radius 2 is 1.80 bits per heavy atom. The summed E-state index contributed by atoms with van der Waals surface area (Å²) in [6.07, 6.45) is 0. The molecule has 0 unspecified atom stereocenters. The number of hydrogen-bond donors (Lipinski definition) is 2. The van der Waals surface area contributed by atoms with Crippen LogP contribution in [0.15, 0.2) is 54.6 Å². The first kappa shape index (κ1) is 20.6. The van der Waals surface area contributed by atoms with Crippen LogP contribution in [0.25, 0.3) is 10.8 Å². The van der Waals surface area contributed by atoms with Crippen molar-refractivity contribution in [3.8, 4) is 11.5 Å². The number of nitrogens with one attached hydrogen (secondary N) is 1. The molecule has 30 heavy (non-hydrogen) atoms. The third-order valence-corrected chi connectivity index (χ3v) is 4.17. The van der Waals surface area contributed by atoms with Crippen LogP contribution >= 0.6 is 0 Å². The lowest BCUT2D eigenvalue weighted by Crippen LogP contribution is -2.21. The Morgan fingerprint density at radius 1 is 1.10 bits per heavy atom. The quantitative estimate of drug-likeness (QED) is 0.346. The topological polar surface area (TPSA) is 128 Å². The number of rotatable bonds is 7. The van der Waals surface area contributed by atoms with Crippen molar-refractivity contribution in [2.24, 2.45) is 0 Å². The summed E-state index contributed by atoms with van der Waals surface area (Å²) in [6, 6.07) is 14.0. The van der Waals surface area contributed by atoms with Gasteiger partial charge in [-0.15, -0.1) is 0 Å². The summed E-state index contributed by atoms with van der Waals surface area (Å²) >= 11 is 0. The van der Waals surface area contributed by atoms with Crippen LogP contribution < -0.4 is 10.1 Å². The van der Waals surface area contributed by atoms with Gasteiger partial charge in [-0.2, -0.15) is 0 Å². The summed E-state index contributed by atoms with van der Waals surface area (Å²) < 4.78 is 10.2. The van der Waals surface area contributed by atoms with Crippen molar-refractivity contribution < 1.29 is 29.1 Å². The van der Waals surface area contributed by atoms with Crippen LogP contribution in [0, 0.1) is 10.1 Å². The molecule has 9 heteroatoms. The van der Waals surface area contributed by atoms with Crippen molar-refractivity contribution in [2.45, 2.75) is 6.92 Å². The van der Waals surface area contributed by atoms with Crippen LogP contribution in [0.5, 0.6) is 11.5 Å². The molecule has 3 rings (SSSR count). The average molecular weight is 410 g/mol. The lowest BCUT2D eigenvalue weighted by molar-refractivity contribution is -0.384. The number of carbonyl (C=O) groups is 2. The first-order valence-electron chi connectivity index (χ1n) is 8.99. The van der Waals surface area contributed by atoms with E-state index in [0.29, 0.717) is 12.4 Å². The number of amides is 1. The van der Waals surface area contributed by atoms with Gasteiger partial charge in [0.15, 0.2) is 6.61 Å². The van der Waals surface area contributed by atoms with E-state index in [9.17, 15) is 24.8 Å². The van der Waals surface area contributed by atoms with Crippen molar-refractivity contribution in [2.75, 3.05) is 18.5 Å². The number of nitro groups is 1. The highest BCUT2D eigenvalue weighted by atomic mass is 16.6. The Morgan fingerprint density at radius 3 is 2.47 bits per heavy atom. The first-order chi connectivity index (χ1) is 14.4. The molecule has 9 nitrogen and oxygen atoms in total. The molecule has 0 saturated carbocycles. The molecule has 0 bridgehead atoms. The standard InChI is InChI=1S/C21H18N2O7/c1-2-29-15-7-8-17(18(11-15)23(27)28)22-20(25)12-30-21(26)16-9-13-5-3-4-6-14(13)10-19(16)24/h3-11,24H,2,12H2,1H3,(H,22,25). The third kappa shape index (κ3) is 4.64. The number of ether oxygens (including phenoxy) is 2. The Hall–Kier alpha value is -4.14. The lowest BCUT2D eigenvalue weighted by atomic mass is 10.1. The zero-order chi connectivity index (χ0) is 21.7. The van der Waals surface area contributed by atoms with Crippen LogP contribution in [0.2, 0.25) is 0 Å². The van der Waals surface area contributed by atoms with Crippen molar-refractivity contribution >= 4 is 34.0 Å². The van der Waals surface area contributed by atoms with Crippen molar-refractivity contribution in [3.05, 3.63) is 70.3 Å². The number of nitro benzene ring substituents is 1. The molecule has 0 aliphatic carbocycles. The van der Waals surface area contributed by atoms with Crippen molar-refractivity contribution in [1.82, 2.24) is 0 Å². The van der Waals surface area contributed by atoms with Gasteiger partial charge >= 0.3 is 5.97 Å². The Bertz CT molecular complexity index is 1130. The van der Waals surface area contributed by atoms with E-state index in [1.165, 1.54) is 30.3 Å². The third-order valence-electron chi connectivity index (χ3n) is 4.17. The molecule has 3 aromatic carbocycles. The summed E-state index contributed by atoms with van der Waals surface area (Å²) in [5.41, 5.74) is -0.501. The van der Waals surface area contributed by atoms with E-state index >= 15 is 0 Å². The van der Waals surface area contributed by atoms with Gasteiger partial charge in [0.25, 0.3) is 11.6 Å². The predicted molar refractivity (Wildman–Crippen MR) is 109 cm³/mol. The van der Waals surface area contributed by atoms with E-state index < -0.39 is 23.4 Å². The summed E-state index contributed by atoms with van der Waals surface area (Å²) in [5.74, 6) is -1.65. The number of anilines is 1. The van der Waals surface area contributed by atoms with Gasteiger partial charge in [-0.25, -0.2) is 4.79 Å². The van der Waals surface area contributed by atoms with Crippen molar-refractivity contribution in [3.63, 3.8) is 0 Å². The second kappa shape index (κ2) is 8.91. The van der Waals surface area contributed by atoms with E-state index in [1.807, 2.05) is 0 Å². The van der Waals surface area contributed by atoms with E-state index in [-0.39, 0.29) is 22.7 Å². The number of aromatic hydroxyl groups is 1. The van der Waals surface area contributed by atoms with Crippen molar-refractivity contribution in [1.29, 1.82) is 0 Å². The fourth-order valence-electron chi connectivity index (χ4n) is 2.81. The average Bonchev–Trinajstić information content (AvgIpc) is 2.72. The number of phenols is 1. The number of carbonyl (C=O) groups excluding carboxylic acids is 2. The second-order valence-corrected chi connectivity index (χ2v) is 6.21. The molecule has 0 fully saturated rings. The van der Waals surface area contributed by atoms with Gasteiger partial charge in [0, 0.05) is 0 Å². The second-order valence-electron chi connectivity index (χ2n) is 6.21. The summed E-state index contributed by atoms with van der Waals surface area (Å²) in [6.45, 7) is 1.39. The highest BCUT2D eigenvalue weighted by Crippen LogP contribution is 2.29. The van der Waals surface area contributed by atoms with Gasteiger partial charge in [0.2, 0.25) is 0 Å². The van der Waals surface area contributed by atoms with Gasteiger partial charge in [-0.3, -0.25) is 14.9 Å². The smallest absolute Gasteiger partial charge is 0.342 e. The number of hydrogen-bond acceptors (Lipinski definition) is 7. The molecule has 154 valence electrons. The summed E-state index contributed by atoms with van der Waals surface area (Å²) in [4.78, 5) is 35.0. The van der Waals surface area contributed by atoms with Crippen LogP contribution in [0.1, 0.15) is 17.3 Å². The largest absolute Gasteiger partial charge is 0.507 e. The Kier molecular flexibility index (Phi) is 6.11. The maximum atomic E-state index is 12.3. The number of nitrogens with zero attached hydrogens (tertiary/aromatic N) is 1. The molecule has 0 spiro atoms. The minimum absolute atomic E-state index is 0.0574. The van der Waals surface area contributed by atoms with Gasteiger partial charge in [-0.1, -0.05) is 24.3 Å². The van der Waals surface area contributed by atoms with E-state index in [0.717, 1.165) is 10.8 Å². The Balaban J connectivity index is 1.68. The molecule has 2 N–H and O–H groups in total. The molecular formula is C21H18N2O7. The molecule has 0 atom stereocenters. The van der Waals surface area contributed by atoms with Gasteiger partial charge < -0.3 is 19.9 Å². The summed E-state index contributed by atoms with van der Waals surface area (Å²) in [7, 11) is 0. The molecule has 0 saturated heterocycles. The highest BCUT2D eigenvalue weighted by molar-refractivity contribution is 6.00. The normalized spacial score (nSPS) is 10.4. The molecule has 1 amide bonds. The zero-order valence-electron chi connectivity index (χ0n) is 16.0. The van der Waals surface area contributed by atoms with Crippen LogP contribution in [0.3, 0.4) is 0 Å². The van der Waals surface area contributed by atoms with E-state index in [1.54, 1.807) is 31.2 Å². The lowest BCUT2D eigenvalue weighted by Gasteiger charge is -2.10. The number of fused-ring (bicyclic) bond motifs is 1. The molecule has 3 aromatic rings. The fraction of sp³-hybridized carbons (Fsp3) is 0.143. The van der Waals surface area contributed by atoms with Gasteiger partial charge in [-0.05, 0) is 42.0 Å². The molecule has 0 aliphatic heterocycles. The van der Waals surface area contributed by atoms with Crippen LogP contribution in [0.4, 0.5) is 11.4 Å². The molecule has 0 aliphatic rings. The molecular weight excluding hydrogens is 392 g/mol. The maximum Gasteiger partial charge on any atom is 0.342 e. The zero-order valence-corrected chi connectivity index (χ0v) is 16.0. The monoisotopic (exact) mass is 410 g/mol. The van der Waals surface area contributed by atoms with Gasteiger partial charge in [0.1, 0.15) is 22.7 Å². The minimum atomic E-state index is -0.894. The molecule has 0 radical (unpaired) electrons. The molecule has 0 heterocycles. The SMILES string of the molecule is CCOc1ccc(NC(=O)COC(=O)c2cc3ccccc3cc2O)c([N+](=O)[O-])c1. The van der Waals surface area contributed by atoms with E-state index in [4.69, 9.17) is 9.47 Å². The molecule has 0 aromatic heterocycles. The minimum Gasteiger partial charge on any atom is -0.507 e. The maximum absolute atomic E-state index is 12.3. The number of phenolic OH excluding ortho intramolecular Hbond substituents is 1. The van der Waals surface area contributed by atoms with Crippen LogP contribution in [-0.4, -0.2) is 35.1 Å².